The van der Waals surface area contributed by atoms with Crippen molar-refractivity contribution in [2.75, 3.05) is 26.2 Å². The molecule has 1 N–H and O–H groups in total. The first-order chi connectivity index (χ1) is 13.7. The van der Waals surface area contributed by atoms with Crippen LogP contribution in [0.15, 0.2) is 30.6 Å². The summed E-state index contributed by atoms with van der Waals surface area (Å²) in [5.41, 5.74) is 3.36. The fourth-order valence-electron chi connectivity index (χ4n) is 4.74. The van der Waals surface area contributed by atoms with Gasteiger partial charge in [0, 0.05) is 44.7 Å². The quantitative estimate of drug-likeness (QED) is 0.863. The number of ether oxygens (including phenoxy) is 1. The van der Waals surface area contributed by atoms with E-state index in [0.29, 0.717) is 13.0 Å². The van der Waals surface area contributed by atoms with Gasteiger partial charge in [0.25, 0.3) is 0 Å². The summed E-state index contributed by atoms with van der Waals surface area (Å²) in [6.07, 6.45) is 5.09. The minimum Gasteiger partial charge on any atom is -0.494 e. The SMILES string of the molecule is CCOc1ccc(CN2CCC3(CC2)c2nc[nH]c2CCN3C(=O)CC)cc1. The Labute approximate surface area is 166 Å². The Kier molecular flexibility index (Phi) is 5.40. The number of rotatable bonds is 5. The number of amides is 1. The summed E-state index contributed by atoms with van der Waals surface area (Å²) in [6.45, 7) is 8.30. The van der Waals surface area contributed by atoms with Crippen molar-refractivity contribution in [1.29, 1.82) is 0 Å². The monoisotopic (exact) mass is 382 g/mol. The fraction of sp³-hybridized carbons (Fsp3) is 0.545. The standard InChI is InChI=1S/C22H30N4O2/c1-3-20(27)26-12-9-19-21(24-16-23-19)22(26)10-13-25(14-11-22)15-17-5-7-18(8-6-17)28-4-2/h5-8,16H,3-4,9-15H2,1-2H3,(H,23,24). The van der Waals surface area contributed by atoms with E-state index in [0.717, 1.165) is 56.9 Å². The maximum absolute atomic E-state index is 12.7. The van der Waals surface area contributed by atoms with Crippen LogP contribution in [0.3, 0.4) is 0 Å². The van der Waals surface area contributed by atoms with Crippen LogP contribution in [0.1, 0.15) is 50.1 Å². The number of fused-ring (bicyclic) bond motifs is 2. The highest BCUT2D eigenvalue weighted by molar-refractivity contribution is 5.77. The van der Waals surface area contributed by atoms with Gasteiger partial charge in [0.1, 0.15) is 5.75 Å². The zero-order valence-corrected chi connectivity index (χ0v) is 16.9. The van der Waals surface area contributed by atoms with Crippen molar-refractivity contribution in [3.63, 3.8) is 0 Å². The van der Waals surface area contributed by atoms with Crippen molar-refractivity contribution in [2.45, 2.75) is 51.6 Å². The average Bonchev–Trinajstić information content (AvgIpc) is 3.21. The number of aromatic nitrogens is 2. The molecular formula is C22H30N4O2. The third-order valence-electron chi connectivity index (χ3n) is 6.19. The molecule has 0 aliphatic carbocycles. The van der Waals surface area contributed by atoms with Crippen LogP contribution in [0.25, 0.3) is 0 Å². The van der Waals surface area contributed by atoms with E-state index < -0.39 is 0 Å². The molecule has 0 bridgehead atoms. The van der Waals surface area contributed by atoms with Gasteiger partial charge in [-0.1, -0.05) is 19.1 Å². The predicted molar refractivity (Wildman–Crippen MR) is 108 cm³/mol. The lowest BCUT2D eigenvalue weighted by Gasteiger charge is -2.50. The smallest absolute Gasteiger partial charge is 0.223 e. The van der Waals surface area contributed by atoms with E-state index in [1.165, 1.54) is 11.3 Å². The van der Waals surface area contributed by atoms with E-state index in [-0.39, 0.29) is 11.4 Å². The highest BCUT2D eigenvalue weighted by Crippen LogP contribution is 2.42. The summed E-state index contributed by atoms with van der Waals surface area (Å²) in [5.74, 6) is 1.17. The first kappa shape index (κ1) is 19.0. The molecule has 1 spiro atoms. The van der Waals surface area contributed by atoms with Crippen LogP contribution in [0, 0.1) is 0 Å². The zero-order valence-electron chi connectivity index (χ0n) is 16.9. The summed E-state index contributed by atoms with van der Waals surface area (Å²) in [7, 11) is 0. The molecule has 4 rings (SSSR count). The highest BCUT2D eigenvalue weighted by atomic mass is 16.5. The van der Waals surface area contributed by atoms with E-state index in [1.54, 1.807) is 6.33 Å². The Morgan fingerprint density at radius 3 is 2.61 bits per heavy atom. The number of imidazole rings is 1. The highest BCUT2D eigenvalue weighted by Gasteiger charge is 2.48. The van der Waals surface area contributed by atoms with Gasteiger partial charge in [-0.25, -0.2) is 4.98 Å². The van der Waals surface area contributed by atoms with Gasteiger partial charge in [0.15, 0.2) is 0 Å². The van der Waals surface area contributed by atoms with Crippen LogP contribution in [0.4, 0.5) is 0 Å². The van der Waals surface area contributed by atoms with Gasteiger partial charge in [-0.05, 0) is 37.5 Å². The second kappa shape index (κ2) is 7.95. The summed E-state index contributed by atoms with van der Waals surface area (Å²) in [6, 6.07) is 8.38. The molecular weight excluding hydrogens is 352 g/mol. The summed E-state index contributed by atoms with van der Waals surface area (Å²) < 4.78 is 5.54. The van der Waals surface area contributed by atoms with Gasteiger partial charge >= 0.3 is 0 Å². The Hall–Kier alpha value is -2.34. The number of hydrogen-bond donors (Lipinski definition) is 1. The lowest BCUT2D eigenvalue weighted by atomic mass is 9.78. The molecule has 6 nitrogen and oxygen atoms in total. The number of carbonyl (C=O) groups excluding carboxylic acids is 1. The molecule has 0 atom stereocenters. The van der Waals surface area contributed by atoms with E-state index in [2.05, 4.69) is 31.9 Å². The van der Waals surface area contributed by atoms with E-state index >= 15 is 0 Å². The van der Waals surface area contributed by atoms with Crippen molar-refractivity contribution < 1.29 is 9.53 Å². The van der Waals surface area contributed by atoms with Crippen molar-refractivity contribution in [1.82, 2.24) is 19.8 Å². The van der Waals surface area contributed by atoms with Crippen molar-refractivity contribution in [3.8, 4) is 5.75 Å². The normalized spacial score (nSPS) is 18.9. The number of nitrogens with one attached hydrogen (secondary N) is 1. The van der Waals surface area contributed by atoms with Crippen LogP contribution in [-0.4, -0.2) is 51.9 Å². The maximum atomic E-state index is 12.7. The summed E-state index contributed by atoms with van der Waals surface area (Å²) >= 11 is 0. The topological polar surface area (TPSA) is 61.5 Å². The van der Waals surface area contributed by atoms with Gasteiger partial charge in [-0.2, -0.15) is 0 Å². The molecule has 1 aromatic heterocycles. The number of H-pyrrole nitrogens is 1. The second-order valence-corrected chi connectivity index (χ2v) is 7.76. The zero-order chi connectivity index (χ0) is 19.6. The second-order valence-electron chi connectivity index (χ2n) is 7.76. The number of hydrogen-bond acceptors (Lipinski definition) is 4. The number of piperidine rings is 1. The maximum Gasteiger partial charge on any atom is 0.223 e. The van der Waals surface area contributed by atoms with Crippen LogP contribution in [-0.2, 0) is 23.3 Å². The van der Waals surface area contributed by atoms with E-state index in [9.17, 15) is 4.79 Å². The number of aromatic amines is 1. The average molecular weight is 383 g/mol. The van der Waals surface area contributed by atoms with Gasteiger partial charge in [0.05, 0.1) is 24.2 Å². The van der Waals surface area contributed by atoms with Gasteiger partial charge < -0.3 is 14.6 Å². The van der Waals surface area contributed by atoms with Crippen molar-refractivity contribution in [3.05, 3.63) is 47.5 Å². The number of carbonyl (C=O) groups is 1. The Morgan fingerprint density at radius 2 is 1.93 bits per heavy atom. The molecule has 3 heterocycles. The molecule has 0 radical (unpaired) electrons. The Bertz CT molecular complexity index is 806. The number of nitrogens with zero attached hydrogens (tertiary/aromatic N) is 3. The van der Waals surface area contributed by atoms with Gasteiger partial charge in [-0.3, -0.25) is 9.69 Å². The first-order valence-electron chi connectivity index (χ1n) is 10.4. The molecule has 28 heavy (non-hydrogen) atoms. The van der Waals surface area contributed by atoms with Gasteiger partial charge in [-0.15, -0.1) is 0 Å². The molecule has 150 valence electrons. The van der Waals surface area contributed by atoms with Gasteiger partial charge in [0.2, 0.25) is 5.91 Å². The summed E-state index contributed by atoms with van der Waals surface area (Å²) in [5, 5.41) is 0. The molecule has 0 saturated carbocycles. The molecule has 6 heteroatoms. The van der Waals surface area contributed by atoms with Crippen molar-refractivity contribution in [2.24, 2.45) is 0 Å². The lowest BCUT2D eigenvalue weighted by Crippen LogP contribution is -2.58. The molecule has 1 saturated heterocycles. The molecule has 1 amide bonds. The molecule has 2 aliphatic heterocycles. The number of benzene rings is 1. The van der Waals surface area contributed by atoms with Crippen LogP contribution in [0.5, 0.6) is 5.75 Å². The Balaban J connectivity index is 1.47. The molecule has 2 aromatic rings. The van der Waals surface area contributed by atoms with E-state index in [1.807, 2.05) is 26.0 Å². The molecule has 2 aliphatic rings. The minimum absolute atomic E-state index is 0.240. The molecule has 1 aromatic carbocycles. The molecule has 1 fully saturated rings. The van der Waals surface area contributed by atoms with Crippen LogP contribution >= 0.6 is 0 Å². The van der Waals surface area contributed by atoms with Crippen LogP contribution in [0.2, 0.25) is 0 Å². The summed E-state index contributed by atoms with van der Waals surface area (Å²) in [4.78, 5) is 25.2. The largest absolute Gasteiger partial charge is 0.494 e. The first-order valence-corrected chi connectivity index (χ1v) is 10.4. The van der Waals surface area contributed by atoms with E-state index in [4.69, 9.17) is 4.74 Å². The minimum atomic E-state index is -0.240. The lowest BCUT2D eigenvalue weighted by molar-refractivity contribution is -0.141. The third-order valence-corrected chi connectivity index (χ3v) is 6.19. The third kappa shape index (κ3) is 3.41. The predicted octanol–water partition coefficient (Wildman–Crippen LogP) is 3.09. The van der Waals surface area contributed by atoms with Crippen molar-refractivity contribution >= 4 is 5.91 Å². The molecule has 0 unspecified atom stereocenters. The fourth-order valence-corrected chi connectivity index (χ4v) is 4.74. The number of likely N-dealkylation sites (tertiary alicyclic amines) is 1. The Morgan fingerprint density at radius 1 is 1.18 bits per heavy atom. The van der Waals surface area contributed by atoms with Crippen LogP contribution < -0.4 is 4.74 Å².